The van der Waals surface area contributed by atoms with Crippen molar-refractivity contribution in [2.24, 2.45) is 5.41 Å². The van der Waals surface area contributed by atoms with Gasteiger partial charge in [0.2, 0.25) is 5.91 Å². The molecule has 0 aromatic rings. The Kier molecular flexibility index (Phi) is 5.85. The minimum absolute atomic E-state index is 0.0939. The van der Waals surface area contributed by atoms with Gasteiger partial charge in [-0.15, -0.1) is 0 Å². The first-order valence-electron chi connectivity index (χ1n) is 8.22. The van der Waals surface area contributed by atoms with Gasteiger partial charge in [0, 0.05) is 37.6 Å². The van der Waals surface area contributed by atoms with Crippen LogP contribution in [0.3, 0.4) is 0 Å². The monoisotopic (exact) mass is 282 g/mol. The van der Waals surface area contributed by atoms with Crippen LogP contribution in [0.4, 0.5) is 0 Å². The lowest BCUT2D eigenvalue weighted by Gasteiger charge is -2.31. The molecule has 4 nitrogen and oxygen atoms in total. The molecule has 0 aromatic carbocycles. The van der Waals surface area contributed by atoms with E-state index in [1.165, 1.54) is 25.7 Å². The Hall–Kier alpha value is -0.610. The van der Waals surface area contributed by atoms with E-state index >= 15 is 0 Å². The zero-order valence-electron chi connectivity index (χ0n) is 12.9. The number of aliphatic hydroxyl groups is 1. The minimum Gasteiger partial charge on any atom is -0.396 e. The fourth-order valence-electron chi connectivity index (χ4n) is 3.81. The molecule has 0 bridgehead atoms. The zero-order valence-corrected chi connectivity index (χ0v) is 12.9. The van der Waals surface area contributed by atoms with Gasteiger partial charge in [0.25, 0.3) is 0 Å². The minimum atomic E-state index is 0.0939. The Balaban J connectivity index is 1.66. The van der Waals surface area contributed by atoms with Crippen LogP contribution < -0.4 is 5.32 Å². The number of rotatable bonds is 7. The summed E-state index contributed by atoms with van der Waals surface area (Å²) >= 11 is 0. The van der Waals surface area contributed by atoms with Crippen LogP contribution in [0.25, 0.3) is 0 Å². The fraction of sp³-hybridized carbons (Fsp3) is 0.938. The smallest absolute Gasteiger partial charge is 0.221 e. The lowest BCUT2D eigenvalue weighted by Crippen LogP contribution is -2.39. The fourth-order valence-corrected chi connectivity index (χ4v) is 3.81. The van der Waals surface area contributed by atoms with Crippen molar-refractivity contribution in [1.29, 1.82) is 0 Å². The average molecular weight is 282 g/mol. The number of nitrogens with zero attached hydrogens (tertiary/aromatic N) is 1. The summed E-state index contributed by atoms with van der Waals surface area (Å²) in [7, 11) is 2.07. The van der Waals surface area contributed by atoms with Crippen LogP contribution in [0.5, 0.6) is 0 Å². The molecule has 1 amide bonds. The standard InChI is InChI=1S/C16H30N2O2/c1-18(12-16(13-19)9-4-5-10-16)11-8-15(20)17-14-6-2-3-7-14/h14,19H,2-13H2,1H3,(H,17,20). The van der Waals surface area contributed by atoms with Gasteiger partial charge in [0.15, 0.2) is 0 Å². The van der Waals surface area contributed by atoms with E-state index in [1.54, 1.807) is 0 Å². The molecule has 4 heteroatoms. The molecule has 0 spiro atoms. The number of carbonyl (C=O) groups is 1. The van der Waals surface area contributed by atoms with Crippen molar-refractivity contribution in [2.45, 2.75) is 63.8 Å². The van der Waals surface area contributed by atoms with Crippen molar-refractivity contribution < 1.29 is 9.90 Å². The van der Waals surface area contributed by atoms with Crippen LogP contribution >= 0.6 is 0 Å². The number of hydrogen-bond donors (Lipinski definition) is 2. The molecule has 0 radical (unpaired) electrons. The zero-order chi connectivity index (χ0) is 14.4. The molecule has 2 fully saturated rings. The van der Waals surface area contributed by atoms with Gasteiger partial charge in [-0.25, -0.2) is 0 Å². The van der Waals surface area contributed by atoms with E-state index < -0.39 is 0 Å². The molecule has 2 rings (SSSR count). The molecule has 0 unspecified atom stereocenters. The molecule has 0 heterocycles. The summed E-state index contributed by atoms with van der Waals surface area (Å²) in [5, 5.41) is 12.8. The Morgan fingerprint density at radius 2 is 1.90 bits per heavy atom. The van der Waals surface area contributed by atoms with Crippen LogP contribution in [0.15, 0.2) is 0 Å². The highest BCUT2D eigenvalue weighted by Crippen LogP contribution is 2.38. The topological polar surface area (TPSA) is 52.6 Å². The second-order valence-electron chi connectivity index (χ2n) is 6.90. The maximum atomic E-state index is 11.9. The van der Waals surface area contributed by atoms with Crippen LogP contribution in [0, 0.1) is 5.41 Å². The van der Waals surface area contributed by atoms with Crippen LogP contribution in [-0.4, -0.2) is 48.7 Å². The van der Waals surface area contributed by atoms with Gasteiger partial charge < -0.3 is 15.3 Å². The Bertz CT molecular complexity index is 308. The Morgan fingerprint density at radius 1 is 1.25 bits per heavy atom. The second-order valence-corrected chi connectivity index (χ2v) is 6.90. The predicted molar refractivity (Wildman–Crippen MR) is 80.5 cm³/mol. The summed E-state index contributed by atoms with van der Waals surface area (Å²) in [6.45, 7) is 1.99. The normalized spacial score (nSPS) is 22.6. The van der Waals surface area contributed by atoms with Gasteiger partial charge in [-0.05, 0) is 32.7 Å². The molecular weight excluding hydrogens is 252 g/mol. The first-order chi connectivity index (χ1) is 9.63. The molecule has 116 valence electrons. The van der Waals surface area contributed by atoms with E-state index in [0.717, 1.165) is 38.8 Å². The number of amides is 1. The van der Waals surface area contributed by atoms with Crippen molar-refractivity contribution in [1.82, 2.24) is 10.2 Å². The molecule has 2 aliphatic rings. The maximum absolute atomic E-state index is 11.9. The first kappa shape index (κ1) is 15.8. The van der Waals surface area contributed by atoms with Crippen molar-refractivity contribution >= 4 is 5.91 Å². The third kappa shape index (κ3) is 4.45. The van der Waals surface area contributed by atoms with Crippen molar-refractivity contribution in [3.05, 3.63) is 0 Å². The highest BCUT2D eigenvalue weighted by atomic mass is 16.3. The summed E-state index contributed by atoms with van der Waals surface area (Å²) in [5.74, 6) is 0.188. The molecule has 0 aromatic heterocycles. The third-order valence-electron chi connectivity index (χ3n) is 5.05. The number of carbonyl (C=O) groups excluding carboxylic acids is 1. The quantitative estimate of drug-likeness (QED) is 0.750. The van der Waals surface area contributed by atoms with Gasteiger partial charge in [0.05, 0.1) is 0 Å². The largest absolute Gasteiger partial charge is 0.396 e. The molecular formula is C16H30N2O2. The summed E-state index contributed by atoms with van der Waals surface area (Å²) in [6.07, 6.45) is 10.1. The molecule has 0 atom stereocenters. The molecule has 20 heavy (non-hydrogen) atoms. The third-order valence-corrected chi connectivity index (χ3v) is 5.05. The summed E-state index contributed by atoms with van der Waals surface area (Å²) in [6, 6.07) is 0.423. The van der Waals surface area contributed by atoms with Crippen LogP contribution in [0.2, 0.25) is 0 Å². The number of hydrogen-bond acceptors (Lipinski definition) is 3. The van der Waals surface area contributed by atoms with Crippen LogP contribution in [0.1, 0.15) is 57.8 Å². The molecule has 2 N–H and O–H groups in total. The molecule has 2 saturated carbocycles. The van der Waals surface area contributed by atoms with Gasteiger partial charge >= 0.3 is 0 Å². The average Bonchev–Trinajstić information content (AvgIpc) is 3.09. The van der Waals surface area contributed by atoms with Gasteiger partial charge in [0.1, 0.15) is 0 Å². The first-order valence-corrected chi connectivity index (χ1v) is 8.22. The number of nitrogens with one attached hydrogen (secondary N) is 1. The molecule has 0 saturated heterocycles. The van der Waals surface area contributed by atoms with E-state index in [2.05, 4.69) is 17.3 Å². The van der Waals surface area contributed by atoms with Crippen molar-refractivity contribution in [3.8, 4) is 0 Å². The van der Waals surface area contributed by atoms with Crippen molar-refractivity contribution in [3.63, 3.8) is 0 Å². The van der Waals surface area contributed by atoms with Crippen molar-refractivity contribution in [2.75, 3.05) is 26.7 Å². The summed E-state index contributed by atoms with van der Waals surface area (Å²) in [4.78, 5) is 14.1. The predicted octanol–water partition coefficient (Wildman–Crippen LogP) is 1.92. The van der Waals surface area contributed by atoms with Crippen LogP contribution in [-0.2, 0) is 4.79 Å². The van der Waals surface area contributed by atoms with Gasteiger partial charge in [-0.2, -0.15) is 0 Å². The van der Waals surface area contributed by atoms with Gasteiger partial charge in [-0.1, -0.05) is 25.7 Å². The second kappa shape index (κ2) is 7.41. The van der Waals surface area contributed by atoms with E-state index in [-0.39, 0.29) is 17.9 Å². The lowest BCUT2D eigenvalue weighted by atomic mass is 9.86. The van der Waals surface area contributed by atoms with E-state index in [4.69, 9.17) is 0 Å². The number of aliphatic hydroxyl groups excluding tert-OH is 1. The Morgan fingerprint density at radius 3 is 2.50 bits per heavy atom. The SMILES string of the molecule is CN(CCC(=O)NC1CCCC1)CC1(CO)CCCC1. The highest BCUT2D eigenvalue weighted by molar-refractivity contribution is 5.76. The van der Waals surface area contributed by atoms with E-state index in [0.29, 0.717) is 12.5 Å². The summed E-state index contributed by atoms with van der Waals surface area (Å²) in [5.41, 5.74) is 0.0939. The van der Waals surface area contributed by atoms with E-state index in [1.807, 2.05) is 0 Å². The lowest BCUT2D eigenvalue weighted by molar-refractivity contribution is -0.122. The van der Waals surface area contributed by atoms with E-state index in [9.17, 15) is 9.90 Å². The Labute approximate surface area is 122 Å². The van der Waals surface area contributed by atoms with Gasteiger partial charge in [-0.3, -0.25) is 4.79 Å². The molecule has 0 aliphatic heterocycles. The molecule has 2 aliphatic carbocycles. The summed E-state index contributed by atoms with van der Waals surface area (Å²) < 4.78 is 0. The highest BCUT2D eigenvalue weighted by Gasteiger charge is 2.34. The maximum Gasteiger partial charge on any atom is 0.221 e.